The third-order valence-electron chi connectivity index (χ3n) is 4.84. The van der Waals surface area contributed by atoms with Gasteiger partial charge in [-0.05, 0) is 11.6 Å². The molecule has 1 saturated heterocycles. The number of para-hydroxylation sites is 1. The normalized spacial score (nSPS) is 25.2. The lowest BCUT2D eigenvalue weighted by Crippen LogP contribution is -2.49. The molecular weight excluding hydrogens is 318 g/mol. The molecule has 2 aliphatic rings. The second-order valence-electron chi connectivity index (χ2n) is 6.18. The van der Waals surface area contributed by atoms with E-state index in [1.54, 1.807) is 37.3 Å². The zero-order chi connectivity index (χ0) is 17.6. The molecule has 0 aromatic heterocycles. The van der Waals surface area contributed by atoms with E-state index in [9.17, 15) is 14.4 Å². The Morgan fingerprint density at radius 1 is 1.08 bits per heavy atom. The van der Waals surface area contributed by atoms with Gasteiger partial charge < -0.3 is 9.64 Å². The van der Waals surface area contributed by atoms with E-state index in [0.29, 0.717) is 11.3 Å². The van der Waals surface area contributed by atoms with Crippen LogP contribution in [0.3, 0.4) is 0 Å². The molecule has 5 nitrogen and oxygen atoms in total. The topological polar surface area (TPSA) is 63.7 Å². The van der Waals surface area contributed by atoms with Crippen LogP contribution >= 0.6 is 0 Å². The van der Waals surface area contributed by atoms with Crippen molar-refractivity contribution < 1.29 is 19.1 Å². The van der Waals surface area contributed by atoms with E-state index in [2.05, 4.69) is 0 Å². The first-order chi connectivity index (χ1) is 12.1. The predicted molar refractivity (Wildman–Crippen MR) is 90.6 cm³/mol. The standard InChI is InChI=1S/C20H15NO4/c1-21-16-10-6-5-9-14(16)20(19(21)24)15(12-22)17(23)11-18(25-20)13-7-3-2-4-8-13/h2-10,18H,11H2,1H3/t18-,20-/m0/s1. The van der Waals surface area contributed by atoms with Gasteiger partial charge in [0, 0.05) is 19.0 Å². The molecule has 1 spiro atoms. The van der Waals surface area contributed by atoms with Crippen molar-refractivity contribution in [2.24, 2.45) is 0 Å². The highest BCUT2D eigenvalue weighted by Gasteiger charge is 2.60. The summed E-state index contributed by atoms with van der Waals surface area (Å²) in [5, 5.41) is 0. The van der Waals surface area contributed by atoms with Crippen LogP contribution in [0, 0.1) is 0 Å². The van der Waals surface area contributed by atoms with Crippen molar-refractivity contribution in [2.45, 2.75) is 18.1 Å². The van der Waals surface area contributed by atoms with Gasteiger partial charge in [-0.25, -0.2) is 4.79 Å². The minimum absolute atomic E-state index is 0.00942. The number of ketones is 1. The Hall–Kier alpha value is -3.01. The van der Waals surface area contributed by atoms with Gasteiger partial charge in [-0.3, -0.25) is 9.59 Å². The lowest BCUT2D eigenvalue weighted by Gasteiger charge is -2.37. The third-order valence-corrected chi connectivity index (χ3v) is 4.84. The molecule has 1 amide bonds. The highest BCUT2D eigenvalue weighted by molar-refractivity contribution is 6.19. The van der Waals surface area contributed by atoms with Crippen molar-refractivity contribution in [3.63, 3.8) is 0 Å². The number of nitrogens with zero attached hydrogens (tertiary/aromatic N) is 1. The van der Waals surface area contributed by atoms with Crippen molar-refractivity contribution in [1.82, 2.24) is 0 Å². The highest BCUT2D eigenvalue weighted by Crippen LogP contribution is 2.51. The summed E-state index contributed by atoms with van der Waals surface area (Å²) in [6.45, 7) is 0. The van der Waals surface area contributed by atoms with Crippen LogP contribution in [0.4, 0.5) is 5.69 Å². The zero-order valence-electron chi connectivity index (χ0n) is 13.6. The van der Waals surface area contributed by atoms with Gasteiger partial charge in [0.15, 0.2) is 5.78 Å². The second-order valence-corrected chi connectivity index (χ2v) is 6.18. The van der Waals surface area contributed by atoms with Crippen LogP contribution in [0.1, 0.15) is 23.7 Å². The fourth-order valence-corrected chi connectivity index (χ4v) is 3.64. The molecule has 0 unspecified atom stereocenters. The minimum atomic E-state index is -1.72. The van der Waals surface area contributed by atoms with Gasteiger partial charge >= 0.3 is 0 Å². The number of benzene rings is 2. The Morgan fingerprint density at radius 2 is 1.76 bits per heavy atom. The third kappa shape index (κ3) is 2.03. The maximum atomic E-state index is 13.1. The number of fused-ring (bicyclic) bond motifs is 2. The molecule has 0 saturated carbocycles. The first-order valence-corrected chi connectivity index (χ1v) is 7.99. The van der Waals surface area contributed by atoms with E-state index >= 15 is 0 Å². The highest BCUT2D eigenvalue weighted by atomic mass is 16.5. The number of Topliss-reactive ketones (excluding diaryl/α,β-unsaturated/α-hetero) is 1. The summed E-state index contributed by atoms with van der Waals surface area (Å²) < 4.78 is 6.19. The van der Waals surface area contributed by atoms with Crippen LogP contribution in [-0.4, -0.2) is 24.7 Å². The number of likely N-dealkylation sites (N-methyl/N-ethyl adjacent to an activating group) is 1. The Bertz CT molecular complexity index is 930. The van der Waals surface area contributed by atoms with Gasteiger partial charge in [0.2, 0.25) is 5.60 Å². The van der Waals surface area contributed by atoms with Crippen molar-refractivity contribution in [3.05, 3.63) is 71.3 Å². The zero-order valence-corrected chi connectivity index (χ0v) is 13.6. The SMILES string of the molecule is CN1C(=O)[C@]2(O[C@H](c3ccccc3)CC(=O)C2=C=O)c2ccccc21. The number of hydrogen-bond acceptors (Lipinski definition) is 4. The number of hydrogen-bond donors (Lipinski definition) is 0. The summed E-state index contributed by atoms with van der Waals surface area (Å²) in [5.74, 6) is 0.843. The number of ether oxygens (including phenoxy) is 1. The van der Waals surface area contributed by atoms with Crippen molar-refractivity contribution in [1.29, 1.82) is 0 Å². The average molecular weight is 333 g/mol. The second kappa shape index (κ2) is 5.52. The van der Waals surface area contributed by atoms with E-state index in [1.807, 2.05) is 30.3 Å². The molecule has 2 aromatic carbocycles. The summed E-state index contributed by atoms with van der Waals surface area (Å²) in [7, 11) is 1.61. The lowest BCUT2D eigenvalue weighted by atomic mass is 9.80. The summed E-state index contributed by atoms with van der Waals surface area (Å²) in [6, 6.07) is 16.3. The summed E-state index contributed by atoms with van der Waals surface area (Å²) in [4.78, 5) is 38.8. The number of carbonyl (C=O) groups is 2. The molecule has 1 fully saturated rings. The van der Waals surface area contributed by atoms with Crippen LogP contribution in [-0.2, 0) is 24.7 Å². The molecule has 4 rings (SSSR count). The summed E-state index contributed by atoms with van der Waals surface area (Å²) in [5.41, 5.74) is -0.0405. The molecule has 2 aliphatic heterocycles. The average Bonchev–Trinajstić information content (AvgIpc) is 2.85. The predicted octanol–water partition coefficient (Wildman–Crippen LogP) is 2.35. The Kier molecular flexibility index (Phi) is 3.42. The Labute approximate surface area is 144 Å². The fraction of sp³-hybridized carbons (Fsp3) is 0.200. The number of anilines is 1. The smallest absolute Gasteiger partial charge is 0.269 e. The van der Waals surface area contributed by atoms with Gasteiger partial charge in [-0.15, -0.1) is 0 Å². The largest absolute Gasteiger partial charge is 0.346 e. The Balaban J connectivity index is 1.93. The van der Waals surface area contributed by atoms with Crippen LogP contribution in [0.15, 0.2) is 60.2 Å². The van der Waals surface area contributed by atoms with Crippen LogP contribution in [0.2, 0.25) is 0 Å². The monoisotopic (exact) mass is 333 g/mol. The Morgan fingerprint density at radius 3 is 2.48 bits per heavy atom. The van der Waals surface area contributed by atoms with E-state index < -0.39 is 23.4 Å². The molecule has 0 aliphatic carbocycles. The number of amides is 1. The molecule has 2 aromatic rings. The van der Waals surface area contributed by atoms with Crippen LogP contribution in [0.25, 0.3) is 0 Å². The lowest BCUT2D eigenvalue weighted by molar-refractivity contribution is -0.158. The van der Waals surface area contributed by atoms with Gasteiger partial charge in [-0.2, -0.15) is 0 Å². The maximum Gasteiger partial charge on any atom is 0.269 e. The van der Waals surface area contributed by atoms with Crippen molar-refractivity contribution >= 4 is 23.3 Å². The van der Waals surface area contributed by atoms with Crippen LogP contribution < -0.4 is 4.90 Å². The van der Waals surface area contributed by atoms with E-state index in [-0.39, 0.29) is 12.0 Å². The molecule has 0 radical (unpaired) electrons. The van der Waals surface area contributed by atoms with E-state index in [0.717, 1.165) is 5.56 Å². The molecule has 0 bridgehead atoms. The molecular formula is C20H15NO4. The van der Waals surface area contributed by atoms with E-state index in [4.69, 9.17) is 4.74 Å². The van der Waals surface area contributed by atoms with Gasteiger partial charge in [0.25, 0.3) is 5.91 Å². The molecule has 2 atom stereocenters. The molecule has 0 N–H and O–H groups in total. The van der Waals surface area contributed by atoms with Crippen molar-refractivity contribution in [3.8, 4) is 0 Å². The first-order valence-electron chi connectivity index (χ1n) is 7.99. The van der Waals surface area contributed by atoms with Gasteiger partial charge in [-0.1, -0.05) is 48.5 Å². The van der Waals surface area contributed by atoms with Gasteiger partial charge in [0.1, 0.15) is 11.5 Å². The molecule has 25 heavy (non-hydrogen) atoms. The minimum Gasteiger partial charge on any atom is -0.346 e. The van der Waals surface area contributed by atoms with E-state index in [1.165, 1.54) is 4.90 Å². The van der Waals surface area contributed by atoms with Gasteiger partial charge in [0.05, 0.1) is 11.8 Å². The first kappa shape index (κ1) is 15.5. The van der Waals surface area contributed by atoms with Crippen LogP contribution in [0.5, 0.6) is 0 Å². The number of rotatable bonds is 1. The maximum absolute atomic E-state index is 13.1. The fourth-order valence-electron chi connectivity index (χ4n) is 3.64. The summed E-state index contributed by atoms with van der Waals surface area (Å²) in [6.07, 6.45) is -0.593. The quantitative estimate of drug-likeness (QED) is 0.594. The molecule has 5 heteroatoms. The number of carbonyl (C=O) groups excluding carboxylic acids is 3. The summed E-state index contributed by atoms with van der Waals surface area (Å²) >= 11 is 0. The van der Waals surface area contributed by atoms with Crippen molar-refractivity contribution in [2.75, 3.05) is 11.9 Å². The molecule has 2 heterocycles. The molecule has 124 valence electrons.